The molecule has 0 saturated heterocycles. The van der Waals surface area contributed by atoms with Crippen LogP contribution in [0.3, 0.4) is 0 Å². The van der Waals surface area contributed by atoms with Crippen LogP contribution in [0.1, 0.15) is 46.0 Å². The van der Waals surface area contributed by atoms with E-state index in [1.165, 1.54) is 19.3 Å². The smallest absolute Gasteiger partial charge is 0.155 e. The maximum absolute atomic E-state index is 10.9. The Kier molecular flexibility index (Phi) is 7.11. The van der Waals surface area contributed by atoms with Gasteiger partial charge in [0.1, 0.15) is 0 Å². The zero-order valence-corrected chi connectivity index (χ0v) is 7.60. The van der Waals surface area contributed by atoms with Crippen molar-refractivity contribution in [2.24, 2.45) is 0 Å². The zero-order valence-electron chi connectivity index (χ0n) is 7.60. The molecule has 0 rings (SSSR count). The third-order valence-corrected chi connectivity index (χ3v) is 1.63. The second kappa shape index (κ2) is 7.52. The molecule has 0 bridgehead atoms. The highest BCUT2D eigenvalue weighted by Crippen LogP contribution is 2.02. The van der Waals surface area contributed by atoms with Gasteiger partial charge in [-0.15, -0.1) is 0 Å². The fourth-order valence-electron chi connectivity index (χ4n) is 0.995. The predicted molar refractivity (Wildman–Crippen MR) is 48.6 cm³/mol. The third kappa shape index (κ3) is 7.31. The Balaban J connectivity index is 3.17. The van der Waals surface area contributed by atoms with Crippen LogP contribution in [0.2, 0.25) is 0 Å². The summed E-state index contributed by atoms with van der Waals surface area (Å²) in [6.45, 7) is 4.05. The van der Waals surface area contributed by atoms with Crippen LogP contribution < -0.4 is 0 Å². The molecular weight excluding hydrogens is 136 g/mol. The summed E-state index contributed by atoms with van der Waals surface area (Å²) in [6.07, 6.45) is 8.93. The van der Waals surface area contributed by atoms with Crippen molar-refractivity contribution in [2.75, 3.05) is 0 Å². The van der Waals surface area contributed by atoms with Crippen molar-refractivity contribution in [1.29, 1.82) is 0 Å². The van der Waals surface area contributed by atoms with Crippen molar-refractivity contribution >= 4 is 5.78 Å². The van der Waals surface area contributed by atoms with E-state index in [1.54, 1.807) is 6.08 Å². The van der Waals surface area contributed by atoms with E-state index in [-0.39, 0.29) is 5.78 Å². The molecule has 0 atom stereocenters. The number of hydrogen-bond acceptors (Lipinski definition) is 1. The zero-order chi connectivity index (χ0) is 8.53. The number of carbonyl (C=O) groups is 1. The molecule has 0 aliphatic carbocycles. The molecule has 1 nitrogen and oxygen atoms in total. The van der Waals surface area contributed by atoms with Crippen LogP contribution >= 0.6 is 0 Å². The maximum Gasteiger partial charge on any atom is 0.155 e. The lowest BCUT2D eigenvalue weighted by Gasteiger charge is -1.94. The molecular formula is C10H18O. The monoisotopic (exact) mass is 154 g/mol. The fourth-order valence-corrected chi connectivity index (χ4v) is 0.995. The molecule has 0 fully saturated rings. The summed E-state index contributed by atoms with van der Waals surface area (Å²) in [4.78, 5) is 10.9. The van der Waals surface area contributed by atoms with Crippen LogP contribution in [0, 0.1) is 0 Å². The predicted octanol–water partition coefficient (Wildman–Crippen LogP) is 3.10. The van der Waals surface area contributed by atoms with Crippen LogP contribution in [0.4, 0.5) is 0 Å². The molecule has 0 aromatic rings. The lowest BCUT2D eigenvalue weighted by molar-refractivity contribution is -0.114. The molecule has 64 valence electrons. The fraction of sp³-hybridized carbons (Fsp3) is 0.700. The number of unbranched alkanes of at least 4 members (excludes halogenated alkanes) is 3. The molecule has 0 aliphatic heterocycles. The summed E-state index contributed by atoms with van der Waals surface area (Å²) in [7, 11) is 0. The SMILES string of the molecule is CC=CC(=O)CCCCCC. The van der Waals surface area contributed by atoms with E-state index in [9.17, 15) is 4.79 Å². The van der Waals surface area contributed by atoms with Gasteiger partial charge in [0, 0.05) is 6.42 Å². The largest absolute Gasteiger partial charge is 0.295 e. The molecule has 0 heterocycles. The van der Waals surface area contributed by atoms with Crippen molar-refractivity contribution in [3.05, 3.63) is 12.2 Å². The first-order valence-corrected chi connectivity index (χ1v) is 4.46. The summed E-state index contributed by atoms with van der Waals surface area (Å²) in [6, 6.07) is 0. The molecule has 0 N–H and O–H groups in total. The lowest BCUT2D eigenvalue weighted by atomic mass is 10.1. The maximum atomic E-state index is 10.9. The Morgan fingerprint density at radius 1 is 1.27 bits per heavy atom. The number of allylic oxidation sites excluding steroid dienone is 2. The quantitative estimate of drug-likeness (QED) is 0.424. The lowest BCUT2D eigenvalue weighted by Crippen LogP contribution is -1.91. The Bertz CT molecular complexity index is 125. The Morgan fingerprint density at radius 2 is 2.00 bits per heavy atom. The van der Waals surface area contributed by atoms with Crippen LogP contribution in [-0.4, -0.2) is 5.78 Å². The van der Waals surface area contributed by atoms with Gasteiger partial charge in [0.2, 0.25) is 0 Å². The first kappa shape index (κ1) is 10.4. The van der Waals surface area contributed by atoms with Crippen molar-refractivity contribution < 1.29 is 4.79 Å². The molecule has 0 aromatic heterocycles. The summed E-state index contributed by atoms with van der Waals surface area (Å²) in [5.41, 5.74) is 0. The van der Waals surface area contributed by atoms with Gasteiger partial charge in [-0.2, -0.15) is 0 Å². The molecule has 0 spiro atoms. The van der Waals surface area contributed by atoms with Crippen molar-refractivity contribution in [3.63, 3.8) is 0 Å². The highest BCUT2D eigenvalue weighted by Gasteiger charge is 1.94. The van der Waals surface area contributed by atoms with Gasteiger partial charge in [-0.1, -0.05) is 32.3 Å². The number of rotatable bonds is 6. The van der Waals surface area contributed by atoms with Crippen molar-refractivity contribution in [1.82, 2.24) is 0 Å². The topological polar surface area (TPSA) is 17.1 Å². The number of hydrogen-bond donors (Lipinski definition) is 0. The van der Waals surface area contributed by atoms with Gasteiger partial charge in [-0.25, -0.2) is 0 Å². The van der Waals surface area contributed by atoms with E-state index in [2.05, 4.69) is 6.92 Å². The molecule has 0 unspecified atom stereocenters. The van der Waals surface area contributed by atoms with Crippen LogP contribution in [0.25, 0.3) is 0 Å². The standard InChI is InChI=1S/C10H18O/c1-3-5-6-7-9-10(11)8-4-2/h4,8H,3,5-7,9H2,1-2H3. The first-order chi connectivity index (χ1) is 5.31. The summed E-state index contributed by atoms with van der Waals surface area (Å²) >= 11 is 0. The van der Waals surface area contributed by atoms with E-state index in [0.29, 0.717) is 0 Å². The van der Waals surface area contributed by atoms with E-state index in [0.717, 1.165) is 12.8 Å². The normalized spacial score (nSPS) is 10.7. The molecule has 11 heavy (non-hydrogen) atoms. The Morgan fingerprint density at radius 3 is 2.55 bits per heavy atom. The summed E-state index contributed by atoms with van der Waals surface area (Å²) in [5, 5.41) is 0. The van der Waals surface area contributed by atoms with Crippen molar-refractivity contribution in [3.8, 4) is 0 Å². The highest BCUT2D eigenvalue weighted by molar-refractivity contribution is 5.89. The Hall–Kier alpha value is -0.590. The minimum atomic E-state index is 0.267. The molecule has 1 heteroatoms. The number of carbonyl (C=O) groups excluding carboxylic acids is 1. The van der Waals surface area contributed by atoms with Crippen LogP contribution in [0.5, 0.6) is 0 Å². The minimum Gasteiger partial charge on any atom is -0.295 e. The van der Waals surface area contributed by atoms with Gasteiger partial charge in [0.25, 0.3) is 0 Å². The van der Waals surface area contributed by atoms with E-state index in [1.807, 2.05) is 13.0 Å². The Labute approximate surface area is 69.5 Å². The van der Waals surface area contributed by atoms with Crippen molar-refractivity contribution in [2.45, 2.75) is 46.0 Å². The van der Waals surface area contributed by atoms with Gasteiger partial charge in [0.05, 0.1) is 0 Å². The van der Waals surface area contributed by atoms with Gasteiger partial charge in [-0.05, 0) is 19.4 Å². The molecule has 0 amide bonds. The average Bonchev–Trinajstić information content (AvgIpc) is 1.99. The minimum absolute atomic E-state index is 0.267. The van der Waals surface area contributed by atoms with Crippen LogP contribution in [0.15, 0.2) is 12.2 Å². The highest BCUT2D eigenvalue weighted by atomic mass is 16.1. The van der Waals surface area contributed by atoms with Gasteiger partial charge >= 0.3 is 0 Å². The van der Waals surface area contributed by atoms with Gasteiger partial charge < -0.3 is 0 Å². The second-order valence-corrected chi connectivity index (χ2v) is 2.78. The third-order valence-electron chi connectivity index (χ3n) is 1.63. The van der Waals surface area contributed by atoms with Crippen LogP contribution in [-0.2, 0) is 4.79 Å². The first-order valence-electron chi connectivity index (χ1n) is 4.46. The molecule has 0 aliphatic rings. The van der Waals surface area contributed by atoms with E-state index in [4.69, 9.17) is 0 Å². The average molecular weight is 154 g/mol. The van der Waals surface area contributed by atoms with Gasteiger partial charge in [-0.3, -0.25) is 4.79 Å². The number of ketones is 1. The van der Waals surface area contributed by atoms with Gasteiger partial charge in [0.15, 0.2) is 5.78 Å². The molecule has 0 radical (unpaired) electrons. The molecule has 0 aromatic carbocycles. The second-order valence-electron chi connectivity index (χ2n) is 2.78. The summed E-state index contributed by atoms with van der Waals surface area (Å²) < 4.78 is 0. The van der Waals surface area contributed by atoms with E-state index < -0.39 is 0 Å². The van der Waals surface area contributed by atoms with E-state index >= 15 is 0 Å². The summed E-state index contributed by atoms with van der Waals surface area (Å²) in [5.74, 6) is 0.267. The molecule has 0 saturated carbocycles.